The molecule has 0 bridgehead atoms. The summed E-state index contributed by atoms with van der Waals surface area (Å²) in [5.74, 6) is 1.73. The number of benzene rings is 1. The lowest BCUT2D eigenvalue weighted by Crippen LogP contribution is -2.40. The highest BCUT2D eigenvalue weighted by Gasteiger charge is 2.34. The van der Waals surface area contributed by atoms with Crippen LogP contribution in [0.3, 0.4) is 0 Å². The predicted molar refractivity (Wildman–Crippen MR) is 81.2 cm³/mol. The highest BCUT2D eigenvalue weighted by Crippen LogP contribution is 2.42. The Morgan fingerprint density at radius 1 is 1.00 bits per heavy atom. The molecule has 0 heterocycles. The van der Waals surface area contributed by atoms with Crippen LogP contribution in [0.25, 0.3) is 0 Å². The summed E-state index contributed by atoms with van der Waals surface area (Å²) in [5, 5.41) is 4.00. The van der Waals surface area contributed by atoms with Crippen LogP contribution in [0.15, 0.2) is 24.3 Å². The Labute approximate surface area is 117 Å². The van der Waals surface area contributed by atoms with E-state index in [0.29, 0.717) is 6.04 Å². The minimum Gasteiger partial charge on any atom is -0.307 e. The Bertz CT molecular complexity index is 404. The molecule has 1 heteroatoms. The maximum absolute atomic E-state index is 4.00. The van der Waals surface area contributed by atoms with Crippen molar-refractivity contribution in [2.75, 3.05) is 0 Å². The van der Waals surface area contributed by atoms with Gasteiger partial charge in [0.2, 0.25) is 0 Å². The third-order valence-corrected chi connectivity index (χ3v) is 5.03. The van der Waals surface area contributed by atoms with Crippen LogP contribution >= 0.6 is 0 Å². The van der Waals surface area contributed by atoms with Crippen LogP contribution < -0.4 is 5.32 Å². The van der Waals surface area contributed by atoms with Crippen molar-refractivity contribution >= 4 is 0 Å². The Morgan fingerprint density at radius 3 is 2.32 bits per heavy atom. The van der Waals surface area contributed by atoms with E-state index in [2.05, 4.69) is 43.4 Å². The summed E-state index contributed by atoms with van der Waals surface area (Å²) in [7, 11) is 0. The zero-order chi connectivity index (χ0) is 13.2. The average Bonchev–Trinajstić information content (AvgIpc) is 3.24. The second-order valence-corrected chi connectivity index (χ2v) is 6.76. The van der Waals surface area contributed by atoms with Crippen LogP contribution in [-0.2, 0) is 0 Å². The van der Waals surface area contributed by atoms with Gasteiger partial charge in [-0.05, 0) is 50.0 Å². The Morgan fingerprint density at radius 2 is 1.68 bits per heavy atom. The van der Waals surface area contributed by atoms with Gasteiger partial charge in [-0.1, -0.05) is 49.6 Å². The summed E-state index contributed by atoms with van der Waals surface area (Å²) in [6.07, 6.45) is 8.43. The van der Waals surface area contributed by atoms with Crippen molar-refractivity contribution in [2.24, 2.45) is 11.8 Å². The van der Waals surface area contributed by atoms with Gasteiger partial charge < -0.3 is 5.32 Å². The molecule has 1 N–H and O–H groups in total. The number of nitrogens with one attached hydrogen (secondary N) is 1. The third-order valence-electron chi connectivity index (χ3n) is 5.03. The number of aryl methyl sites for hydroxylation is 1. The second-order valence-electron chi connectivity index (χ2n) is 6.76. The molecule has 104 valence electrons. The zero-order valence-corrected chi connectivity index (χ0v) is 12.4. The molecule has 3 atom stereocenters. The van der Waals surface area contributed by atoms with Crippen molar-refractivity contribution in [3.8, 4) is 0 Å². The summed E-state index contributed by atoms with van der Waals surface area (Å²) in [5.41, 5.74) is 2.87. The van der Waals surface area contributed by atoms with Gasteiger partial charge in [-0.3, -0.25) is 0 Å². The normalized spacial score (nSPS) is 29.2. The van der Waals surface area contributed by atoms with E-state index in [1.165, 1.54) is 49.7 Å². The molecule has 2 fully saturated rings. The first kappa shape index (κ1) is 13.2. The summed E-state index contributed by atoms with van der Waals surface area (Å²) in [4.78, 5) is 0. The lowest BCUT2D eigenvalue weighted by Gasteiger charge is -2.33. The Kier molecular flexibility index (Phi) is 3.93. The van der Waals surface area contributed by atoms with Gasteiger partial charge in [0.1, 0.15) is 0 Å². The molecule has 1 nitrogen and oxygen atoms in total. The van der Waals surface area contributed by atoms with Gasteiger partial charge in [0.05, 0.1) is 0 Å². The molecule has 0 amide bonds. The van der Waals surface area contributed by atoms with Gasteiger partial charge in [-0.15, -0.1) is 0 Å². The first-order chi connectivity index (χ1) is 9.24. The Hall–Kier alpha value is -0.820. The number of hydrogen-bond acceptors (Lipinski definition) is 1. The topological polar surface area (TPSA) is 12.0 Å². The minimum atomic E-state index is 0.603. The van der Waals surface area contributed by atoms with Gasteiger partial charge >= 0.3 is 0 Å². The van der Waals surface area contributed by atoms with E-state index in [-0.39, 0.29) is 0 Å². The fourth-order valence-electron chi connectivity index (χ4n) is 3.50. The molecular formula is C18H27N. The molecule has 1 aromatic carbocycles. The summed E-state index contributed by atoms with van der Waals surface area (Å²) >= 11 is 0. The standard InChI is InChI=1S/C18H27N/c1-13-7-9-15(10-8-13)18(16-11-12-16)19-17-6-4-3-5-14(17)2/h7-10,14,16-19H,3-6,11-12H2,1-2H3. The average molecular weight is 257 g/mol. The molecule has 0 aromatic heterocycles. The molecule has 2 aliphatic carbocycles. The molecule has 1 aromatic rings. The molecule has 0 spiro atoms. The maximum atomic E-state index is 4.00. The highest BCUT2D eigenvalue weighted by molar-refractivity contribution is 5.25. The minimum absolute atomic E-state index is 0.603. The fourth-order valence-corrected chi connectivity index (χ4v) is 3.50. The SMILES string of the molecule is Cc1ccc(C(NC2CCCCC2C)C2CC2)cc1. The number of hydrogen-bond donors (Lipinski definition) is 1. The molecule has 3 rings (SSSR count). The molecule has 0 saturated heterocycles. The third kappa shape index (κ3) is 3.20. The van der Waals surface area contributed by atoms with Gasteiger partial charge in [0, 0.05) is 12.1 Å². The molecule has 2 aliphatic rings. The van der Waals surface area contributed by atoms with E-state index < -0.39 is 0 Å². The molecule has 0 radical (unpaired) electrons. The predicted octanol–water partition coefficient (Wildman–Crippen LogP) is 4.61. The monoisotopic (exact) mass is 257 g/mol. The second kappa shape index (κ2) is 5.66. The van der Waals surface area contributed by atoms with Crippen molar-refractivity contribution < 1.29 is 0 Å². The molecule has 19 heavy (non-hydrogen) atoms. The van der Waals surface area contributed by atoms with Crippen LogP contribution in [-0.4, -0.2) is 6.04 Å². The molecule has 3 unspecified atom stereocenters. The maximum Gasteiger partial charge on any atom is 0.0351 e. The van der Waals surface area contributed by atoms with E-state index in [1.807, 2.05) is 0 Å². The lowest BCUT2D eigenvalue weighted by atomic mass is 9.84. The van der Waals surface area contributed by atoms with E-state index >= 15 is 0 Å². The van der Waals surface area contributed by atoms with E-state index in [1.54, 1.807) is 0 Å². The first-order valence-electron chi connectivity index (χ1n) is 8.06. The lowest BCUT2D eigenvalue weighted by molar-refractivity contribution is 0.250. The molecular weight excluding hydrogens is 230 g/mol. The fraction of sp³-hybridized carbons (Fsp3) is 0.667. The van der Waals surface area contributed by atoms with Crippen molar-refractivity contribution in [1.29, 1.82) is 0 Å². The van der Waals surface area contributed by atoms with Gasteiger partial charge in [0.25, 0.3) is 0 Å². The van der Waals surface area contributed by atoms with Crippen LogP contribution in [0.4, 0.5) is 0 Å². The van der Waals surface area contributed by atoms with Crippen LogP contribution in [0, 0.1) is 18.8 Å². The van der Waals surface area contributed by atoms with Crippen LogP contribution in [0.5, 0.6) is 0 Å². The van der Waals surface area contributed by atoms with E-state index in [0.717, 1.165) is 17.9 Å². The van der Waals surface area contributed by atoms with E-state index in [9.17, 15) is 0 Å². The van der Waals surface area contributed by atoms with Crippen molar-refractivity contribution in [1.82, 2.24) is 5.32 Å². The van der Waals surface area contributed by atoms with E-state index in [4.69, 9.17) is 0 Å². The van der Waals surface area contributed by atoms with Crippen molar-refractivity contribution in [2.45, 2.75) is 64.5 Å². The summed E-state index contributed by atoms with van der Waals surface area (Å²) < 4.78 is 0. The largest absolute Gasteiger partial charge is 0.307 e. The van der Waals surface area contributed by atoms with Gasteiger partial charge in [-0.2, -0.15) is 0 Å². The first-order valence-corrected chi connectivity index (χ1v) is 8.06. The number of rotatable bonds is 4. The van der Waals surface area contributed by atoms with Gasteiger partial charge in [0.15, 0.2) is 0 Å². The summed E-state index contributed by atoms with van der Waals surface area (Å²) in [6, 6.07) is 10.5. The molecule has 0 aliphatic heterocycles. The Balaban J connectivity index is 1.72. The smallest absolute Gasteiger partial charge is 0.0351 e. The van der Waals surface area contributed by atoms with Crippen molar-refractivity contribution in [3.63, 3.8) is 0 Å². The summed E-state index contributed by atoms with van der Waals surface area (Å²) in [6.45, 7) is 4.60. The van der Waals surface area contributed by atoms with Gasteiger partial charge in [-0.25, -0.2) is 0 Å². The highest BCUT2D eigenvalue weighted by atomic mass is 15.0. The van der Waals surface area contributed by atoms with Crippen LogP contribution in [0.2, 0.25) is 0 Å². The quantitative estimate of drug-likeness (QED) is 0.830. The van der Waals surface area contributed by atoms with Crippen LogP contribution in [0.1, 0.15) is 62.6 Å². The van der Waals surface area contributed by atoms with Crippen molar-refractivity contribution in [3.05, 3.63) is 35.4 Å². The molecule has 2 saturated carbocycles. The zero-order valence-electron chi connectivity index (χ0n) is 12.4.